The van der Waals surface area contributed by atoms with Crippen molar-refractivity contribution >= 4 is 34.6 Å². The summed E-state index contributed by atoms with van der Waals surface area (Å²) in [6, 6.07) is 3.24. The third kappa shape index (κ3) is 5.68. The number of amides is 3. The summed E-state index contributed by atoms with van der Waals surface area (Å²) in [5.74, 6) is -18.6. The molecule has 0 fully saturated rings. The van der Waals surface area contributed by atoms with Crippen molar-refractivity contribution in [3.8, 4) is 5.75 Å². The molecule has 3 aromatic rings. The highest BCUT2D eigenvalue weighted by molar-refractivity contribution is 5.97. The number of nitrogens with two attached hydrogens (primary N) is 1. The Morgan fingerprint density at radius 3 is 2.14 bits per heavy atom. The molecule has 1 aromatic heterocycles. The molecule has 3 amide bonds. The first-order valence-electron chi connectivity index (χ1n) is 10.6. The van der Waals surface area contributed by atoms with Crippen molar-refractivity contribution in [2.24, 2.45) is 5.73 Å². The van der Waals surface area contributed by atoms with Crippen LogP contribution in [0.15, 0.2) is 30.5 Å². The summed E-state index contributed by atoms with van der Waals surface area (Å²) in [6.07, 6.45) is 0.419. The molecule has 0 radical (unpaired) electrons. The lowest BCUT2D eigenvalue weighted by atomic mass is 10.0. The molecule has 0 aliphatic rings. The Balaban J connectivity index is 1.94. The van der Waals surface area contributed by atoms with Gasteiger partial charge in [0.05, 0.1) is 6.42 Å². The summed E-state index contributed by atoms with van der Waals surface area (Å²) < 4.78 is 72.5. The van der Waals surface area contributed by atoms with E-state index >= 15 is 0 Å². The highest BCUT2D eigenvalue weighted by Crippen LogP contribution is 2.30. The van der Waals surface area contributed by atoms with E-state index in [1.807, 2.05) is 0 Å². The maximum Gasteiger partial charge on any atom is 0.334 e. The van der Waals surface area contributed by atoms with Gasteiger partial charge in [0.25, 0.3) is 0 Å². The molecule has 2 aromatic carbocycles. The quantitative estimate of drug-likeness (QED) is 0.111. The van der Waals surface area contributed by atoms with Gasteiger partial charge >= 0.3 is 5.97 Å². The fraction of sp³-hybridized carbons (Fsp3) is 0.217. The van der Waals surface area contributed by atoms with Crippen molar-refractivity contribution in [1.82, 2.24) is 15.6 Å². The van der Waals surface area contributed by atoms with Crippen LogP contribution in [0.1, 0.15) is 31.4 Å². The van der Waals surface area contributed by atoms with Crippen LogP contribution in [-0.2, 0) is 19.2 Å². The number of para-hydroxylation sites is 1. The van der Waals surface area contributed by atoms with Crippen molar-refractivity contribution in [3.63, 3.8) is 0 Å². The minimum atomic E-state index is -2.48. The van der Waals surface area contributed by atoms with Gasteiger partial charge in [-0.1, -0.05) is 25.1 Å². The van der Waals surface area contributed by atoms with E-state index in [0.717, 1.165) is 0 Å². The number of esters is 1. The van der Waals surface area contributed by atoms with Crippen LogP contribution in [0.4, 0.5) is 22.0 Å². The molecule has 0 aliphatic heterocycles. The third-order valence-corrected chi connectivity index (χ3v) is 5.20. The van der Waals surface area contributed by atoms with Gasteiger partial charge in [-0.25, -0.2) is 18.0 Å². The summed E-state index contributed by atoms with van der Waals surface area (Å²) in [7, 11) is 0. The molecule has 9 nitrogen and oxygen atoms in total. The number of carbonyl (C=O) groups is 4. The minimum absolute atomic E-state index is 0.0286. The molecule has 0 bridgehead atoms. The first kappa shape index (κ1) is 27.1. The van der Waals surface area contributed by atoms with Crippen LogP contribution in [0.25, 0.3) is 10.9 Å². The molecule has 0 saturated carbocycles. The fourth-order valence-corrected chi connectivity index (χ4v) is 3.38. The first-order valence-corrected chi connectivity index (χ1v) is 10.6. The number of primary amides is 1. The van der Waals surface area contributed by atoms with Crippen molar-refractivity contribution in [3.05, 3.63) is 65.1 Å². The molecule has 2 atom stereocenters. The van der Waals surface area contributed by atoms with E-state index in [4.69, 9.17) is 5.73 Å². The zero-order chi connectivity index (χ0) is 27.4. The number of carbonyl (C=O) groups excluding carboxylic acids is 4. The smallest absolute Gasteiger partial charge is 0.334 e. The Morgan fingerprint density at radius 1 is 0.946 bits per heavy atom. The van der Waals surface area contributed by atoms with E-state index in [0.29, 0.717) is 10.9 Å². The number of hydrogen-bond acceptors (Lipinski definition) is 5. The normalized spacial score (nSPS) is 12.6. The Hall–Kier alpha value is -4.49. The molecule has 3 rings (SSSR count). The molecular weight excluding hydrogens is 507 g/mol. The van der Waals surface area contributed by atoms with Gasteiger partial charge in [0.2, 0.25) is 52.6 Å². The van der Waals surface area contributed by atoms with Crippen LogP contribution in [0, 0.1) is 29.1 Å². The van der Waals surface area contributed by atoms with Gasteiger partial charge in [0.15, 0.2) is 0 Å². The lowest BCUT2D eigenvalue weighted by Gasteiger charge is -2.22. The number of ether oxygens (including phenoxy) is 1. The second kappa shape index (κ2) is 11.1. The fourth-order valence-electron chi connectivity index (χ4n) is 3.38. The molecule has 196 valence electrons. The first-order chi connectivity index (χ1) is 17.5. The molecule has 1 unspecified atom stereocenters. The predicted octanol–water partition coefficient (Wildman–Crippen LogP) is 2.40. The van der Waals surface area contributed by atoms with Gasteiger partial charge in [0.1, 0.15) is 12.1 Å². The molecule has 1 heterocycles. The van der Waals surface area contributed by atoms with Gasteiger partial charge < -0.3 is 26.1 Å². The van der Waals surface area contributed by atoms with Gasteiger partial charge in [-0.15, -0.1) is 0 Å². The van der Waals surface area contributed by atoms with Gasteiger partial charge in [0, 0.05) is 29.1 Å². The van der Waals surface area contributed by atoms with Crippen LogP contribution in [-0.4, -0.2) is 34.7 Å². The topological polar surface area (TPSA) is 143 Å². The molecule has 0 spiro atoms. The van der Waals surface area contributed by atoms with Crippen LogP contribution < -0.4 is 21.1 Å². The molecule has 14 heteroatoms. The lowest BCUT2D eigenvalue weighted by molar-refractivity contribution is -0.142. The zero-order valence-electron chi connectivity index (χ0n) is 19.0. The lowest BCUT2D eigenvalue weighted by Crippen LogP contribution is -2.49. The number of nitrogens with one attached hydrogen (secondary N) is 3. The van der Waals surface area contributed by atoms with Crippen molar-refractivity contribution in [1.29, 1.82) is 0 Å². The number of aromatic amines is 1. The van der Waals surface area contributed by atoms with E-state index in [9.17, 15) is 41.1 Å². The molecule has 5 N–H and O–H groups in total. The maximum absolute atomic E-state index is 14.0. The third-order valence-electron chi connectivity index (χ3n) is 5.20. The monoisotopic (exact) mass is 526 g/mol. The van der Waals surface area contributed by atoms with E-state index in [-0.39, 0.29) is 12.0 Å². The van der Waals surface area contributed by atoms with Crippen LogP contribution >= 0.6 is 0 Å². The Bertz CT molecular complexity index is 1360. The van der Waals surface area contributed by atoms with E-state index < -0.39 is 77.0 Å². The summed E-state index contributed by atoms with van der Waals surface area (Å²) in [5, 5.41) is 5.05. The Kier molecular flexibility index (Phi) is 8.10. The van der Waals surface area contributed by atoms with Crippen molar-refractivity contribution < 1.29 is 45.9 Å². The van der Waals surface area contributed by atoms with Crippen LogP contribution in [0.2, 0.25) is 0 Å². The second-order valence-corrected chi connectivity index (χ2v) is 7.70. The van der Waals surface area contributed by atoms with Gasteiger partial charge in [-0.05, 0) is 6.07 Å². The zero-order valence-corrected chi connectivity index (χ0v) is 19.0. The number of aromatic nitrogens is 1. The number of hydrogen-bond donors (Lipinski definition) is 4. The number of halogens is 5. The number of rotatable bonds is 9. The highest BCUT2D eigenvalue weighted by atomic mass is 19.2. The average molecular weight is 526 g/mol. The number of fused-ring (bicyclic) bond motifs is 1. The Labute approximate surface area is 205 Å². The molecule has 0 saturated heterocycles. The average Bonchev–Trinajstić information content (AvgIpc) is 3.30. The number of H-pyrrole nitrogens is 1. The van der Waals surface area contributed by atoms with Crippen molar-refractivity contribution in [2.75, 3.05) is 0 Å². The summed E-state index contributed by atoms with van der Waals surface area (Å²) in [4.78, 5) is 52.3. The minimum Gasteiger partial charge on any atom is -0.418 e. The van der Waals surface area contributed by atoms with E-state index in [1.54, 1.807) is 24.3 Å². The summed E-state index contributed by atoms with van der Waals surface area (Å²) in [6.45, 7) is 1.51. The maximum atomic E-state index is 14.0. The van der Waals surface area contributed by atoms with Crippen LogP contribution in [0.3, 0.4) is 0 Å². The summed E-state index contributed by atoms with van der Waals surface area (Å²) >= 11 is 0. The van der Waals surface area contributed by atoms with Gasteiger partial charge in [-0.3, -0.25) is 14.4 Å². The molecular formula is C23H19F5N4O5. The van der Waals surface area contributed by atoms with Crippen molar-refractivity contribution in [2.45, 2.75) is 31.8 Å². The van der Waals surface area contributed by atoms with E-state index in [2.05, 4.69) is 20.4 Å². The van der Waals surface area contributed by atoms with Gasteiger partial charge in [-0.2, -0.15) is 8.78 Å². The highest BCUT2D eigenvalue weighted by Gasteiger charge is 2.34. The van der Waals surface area contributed by atoms with E-state index in [1.165, 1.54) is 13.1 Å². The SMILES string of the molecule is CCC(=O)NC(C(=O)N[C@@H](CC(N)=O)C(=O)Oc1c(F)c(F)c(F)c(F)c1F)c1c[nH]c2ccccc12. The standard InChI is InChI=1S/C23H19F5N4O5/c1-2-14(34)32-20(10-8-30-11-6-4-3-5-9(10)11)22(35)31-12(7-13(29)33)23(36)37-21-18(27)16(25)15(24)17(26)19(21)28/h3-6,8,12,20,30H,2,7H2,1H3,(H2,29,33)(H,31,35)(H,32,34)/t12-,20?/m0/s1. The Morgan fingerprint density at radius 2 is 1.54 bits per heavy atom. The molecule has 0 aliphatic carbocycles. The largest absolute Gasteiger partial charge is 0.418 e. The van der Waals surface area contributed by atoms with Crippen LogP contribution in [0.5, 0.6) is 5.75 Å². The number of benzene rings is 2. The summed E-state index contributed by atoms with van der Waals surface area (Å²) in [5.41, 5.74) is 5.95. The second-order valence-electron chi connectivity index (χ2n) is 7.70. The molecule has 37 heavy (non-hydrogen) atoms. The predicted molar refractivity (Wildman–Crippen MR) is 117 cm³/mol.